The van der Waals surface area contributed by atoms with Gasteiger partial charge in [-0.2, -0.15) is 0 Å². The van der Waals surface area contributed by atoms with E-state index in [2.05, 4.69) is 4.74 Å². The second-order valence-corrected chi connectivity index (χ2v) is 5.95. The fourth-order valence-electron chi connectivity index (χ4n) is 1.68. The number of ether oxygens (including phenoxy) is 1. The molecule has 0 aliphatic carbocycles. The fraction of sp³-hybridized carbons (Fsp3) is 0.462. The maximum Gasteiger partial charge on any atom is 0.404 e. The van der Waals surface area contributed by atoms with E-state index in [1.54, 1.807) is 32.0 Å². The highest BCUT2D eigenvalue weighted by Crippen LogP contribution is 2.46. The van der Waals surface area contributed by atoms with E-state index in [0.717, 1.165) is 5.56 Å². The van der Waals surface area contributed by atoms with Crippen molar-refractivity contribution in [1.29, 1.82) is 0 Å². The minimum Gasteiger partial charge on any atom is -0.449 e. The van der Waals surface area contributed by atoms with Gasteiger partial charge < -0.3 is 19.5 Å². The van der Waals surface area contributed by atoms with Crippen LogP contribution in [0.2, 0.25) is 0 Å². The summed E-state index contributed by atoms with van der Waals surface area (Å²) in [6.45, 7) is 4.29. The van der Waals surface area contributed by atoms with Crippen molar-refractivity contribution in [1.82, 2.24) is 0 Å². The number of hydrogen-bond donors (Lipinski definition) is 1. The van der Waals surface area contributed by atoms with Crippen molar-refractivity contribution in [3.05, 3.63) is 29.8 Å². The summed E-state index contributed by atoms with van der Waals surface area (Å²) in [6, 6.07) is 7.04. The topological polar surface area (TPSA) is 87.8 Å². The van der Waals surface area contributed by atoms with E-state index < -0.39 is 13.7 Å². The van der Waals surface area contributed by atoms with Crippen molar-refractivity contribution in [2.45, 2.75) is 20.3 Å². The first kappa shape index (κ1) is 16.7. The van der Waals surface area contributed by atoms with E-state index in [1.165, 1.54) is 0 Å². The molecule has 1 aromatic carbocycles. The lowest BCUT2D eigenvalue weighted by atomic mass is 10.2. The summed E-state index contributed by atoms with van der Waals surface area (Å²) in [4.78, 5) is 10.5. The van der Waals surface area contributed by atoms with Crippen LogP contribution in [0.5, 0.6) is 0 Å². The molecule has 1 aromatic rings. The number of hydrogen-bond acceptors (Lipinski definition) is 5. The smallest absolute Gasteiger partial charge is 0.404 e. The minimum atomic E-state index is -3.28. The Kier molecular flexibility index (Phi) is 6.71. The molecule has 2 N–H and O–H groups in total. The van der Waals surface area contributed by atoms with Crippen molar-refractivity contribution in [3.63, 3.8) is 0 Å². The van der Waals surface area contributed by atoms with E-state index in [4.69, 9.17) is 14.8 Å². The molecule has 7 heteroatoms. The number of carbonyl (C=O) groups excluding carboxylic acids is 1. The molecule has 0 aliphatic rings. The highest BCUT2D eigenvalue weighted by molar-refractivity contribution is 7.62. The molecule has 20 heavy (non-hydrogen) atoms. The van der Waals surface area contributed by atoms with Gasteiger partial charge in [-0.05, 0) is 31.5 Å². The van der Waals surface area contributed by atoms with Crippen LogP contribution in [-0.4, -0.2) is 25.9 Å². The van der Waals surface area contributed by atoms with Crippen molar-refractivity contribution >= 4 is 19.0 Å². The van der Waals surface area contributed by atoms with Crippen LogP contribution in [0.3, 0.4) is 0 Å². The van der Waals surface area contributed by atoms with Crippen molar-refractivity contribution in [3.8, 4) is 0 Å². The quantitative estimate of drug-likeness (QED) is 0.744. The van der Waals surface area contributed by atoms with Crippen LogP contribution in [0.1, 0.15) is 19.4 Å². The van der Waals surface area contributed by atoms with Gasteiger partial charge in [-0.3, -0.25) is 4.57 Å². The van der Waals surface area contributed by atoms with E-state index >= 15 is 0 Å². The third-order valence-electron chi connectivity index (χ3n) is 2.46. The summed E-state index contributed by atoms with van der Waals surface area (Å²) in [7, 11) is -3.28. The van der Waals surface area contributed by atoms with Gasteiger partial charge in [0.05, 0.1) is 25.1 Å². The Morgan fingerprint density at radius 2 is 1.90 bits per heavy atom. The first-order valence-electron chi connectivity index (χ1n) is 6.42. The lowest BCUT2D eigenvalue weighted by molar-refractivity contribution is 0.158. The number of benzene rings is 1. The molecule has 0 atom stereocenters. The monoisotopic (exact) mass is 301 g/mol. The van der Waals surface area contributed by atoms with Crippen LogP contribution in [0.25, 0.3) is 0 Å². The molecule has 0 bridgehead atoms. The summed E-state index contributed by atoms with van der Waals surface area (Å²) in [5, 5.41) is 0.498. The zero-order valence-electron chi connectivity index (χ0n) is 11.7. The van der Waals surface area contributed by atoms with Crippen LogP contribution in [0.4, 0.5) is 4.79 Å². The van der Waals surface area contributed by atoms with Crippen LogP contribution in [0, 0.1) is 0 Å². The second-order valence-electron chi connectivity index (χ2n) is 3.92. The van der Waals surface area contributed by atoms with Gasteiger partial charge in [0.2, 0.25) is 0 Å². The zero-order valence-corrected chi connectivity index (χ0v) is 12.6. The number of rotatable bonds is 8. The van der Waals surface area contributed by atoms with E-state index in [-0.39, 0.29) is 6.61 Å². The number of primary amides is 1. The van der Waals surface area contributed by atoms with Crippen molar-refractivity contribution in [2.75, 3.05) is 19.8 Å². The molecule has 0 aliphatic heterocycles. The summed E-state index contributed by atoms with van der Waals surface area (Å²) in [5.41, 5.74) is 5.75. The average molecular weight is 301 g/mol. The Hall–Kier alpha value is -1.36. The predicted octanol–water partition coefficient (Wildman–Crippen LogP) is 2.22. The molecule has 0 heterocycles. The van der Waals surface area contributed by atoms with Crippen LogP contribution >= 0.6 is 7.60 Å². The third kappa shape index (κ3) is 4.96. The Morgan fingerprint density at radius 3 is 2.45 bits per heavy atom. The Morgan fingerprint density at radius 1 is 1.25 bits per heavy atom. The number of carbonyl (C=O) groups is 1. The van der Waals surface area contributed by atoms with Gasteiger partial charge in [0.1, 0.15) is 0 Å². The highest BCUT2D eigenvalue weighted by atomic mass is 31.2. The van der Waals surface area contributed by atoms with Gasteiger partial charge in [-0.1, -0.05) is 12.1 Å². The summed E-state index contributed by atoms with van der Waals surface area (Å²) in [5.74, 6) is 0. The number of nitrogens with two attached hydrogens (primary N) is 1. The van der Waals surface area contributed by atoms with Crippen LogP contribution < -0.4 is 11.0 Å². The highest BCUT2D eigenvalue weighted by Gasteiger charge is 2.26. The molecule has 112 valence electrons. The maximum absolute atomic E-state index is 12.6. The van der Waals surface area contributed by atoms with Gasteiger partial charge in [-0.15, -0.1) is 0 Å². The van der Waals surface area contributed by atoms with Gasteiger partial charge in [-0.25, -0.2) is 4.79 Å². The standard InChI is InChI=1S/C13H20NO5P/c1-3-18-20(16,19-4-2)12-7-5-6-11(10-12)8-9-17-13(14)15/h5-7,10H,3-4,8-9H2,1-2H3,(H2,14,15). The molecule has 1 amide bonds. The van der Waals surface area contributed by atoms with Gasteiger partial charge in [0.15, 0.2) is 0 Å². The molecule has 0 saturated heterocycles. The molecule has 0 saturated carbocycles. The summed E-state index contributed by atoms with van der Waals surface area (Å²) < 4.78 is 27.8. The molecule has 0 radical (unpaired) electrons. The molecule has 6 nitrogen and oxygen atoms in total. The molecular weight excluding hydrogens is 281 g/mol. The molecule has 0 aromatic heterocycles. The second kappa shape index (κ2) is 8.04. The van der Waals surface area contributed by atoms with Crippen LogP contribution in [-0.2, 0) is 24.8 Å². The first-order valence-corrected chi connectivity index (χ1v) is 7.97. The SMILES string of the molecule is CCOP(=O)(OCC)c1cccc(CCOC(N)=O)c1. The molecule has 0 unspecified atom stereocenters. The fourth-order valence-corrected chi connectivity index (χ4v) is 3.32. The predicted molar refractivity (Wildman–Crippen MR) is 76.2 cm³/mol. The van der Waals surface area contributed by atoms with E-state index in [9.17, 15) is 9.36 Å². The van der Waals surface area contributed by atoms with Gasteiger partial charge in [0.25, 0.3) is 0 Å². The summed E-state index contributed by atoms with van der Waals surface area (Å²) in [6.07, 6.45) is -0.329. The molecule has 1 rings (SSSR count). The Bertz CT molecular complexity index is 481. The molecule has 0 spiro atoms. The lowest BCUT2D eigenvalue weighted by Crippen LogP contribution is -2.15. The normalized spacial score (nSPS) is 11.3. The van der Waals surface area contributed by atoms with E-state index in [0.29, 0.717) is 24.9 Å². The van der Waals surface area contributed by atoms with Gasteiger partial charge >= 0.3 is 13.7 Å². The Labute approximate surface area is 118 Å². The summed E-state index contributed by atoms with van der Waals surface area (Å²) >= 11 is 0. The first-order chi connectivity index (χ1) is 9.51. The number of amides is 1. The maximum atomic E-state index is 12.6. The van der Waals surface area contributed by atoms with Gasteiger partial charge in [0, 0.05) is 6.42 Å². The molecular formula is C13H20NO5P. The largest absolute Gasteiger partial charge is 0.449 e. The van der Waals surface area contributed by atoms with E-state index in [1.807, 2.05) is 6.07 Å². The Balaban J connectivity index is 2.84. The minimum absolute atomic E-state index is 0.173. The zero-order chi connectivity index (χ0) is 15.0. The average Bonchev–Trinajstić information content (AvgIpc) is 2.39. The lowest BCUT2D eigenvalue weighted by Gasteiger charge is -2.17. The molecule has 0 fully saturated rings. The third-order valence-corrected chi connectivity index (χ3v) is 4.57. The van der Waals surface area contributed by atoms with Crippen molar-refractivity contribution in [2.24, 2.45) is 5.73 Å². The van der Waals surface area contributed by atoms with Crippen molar-refractivity contribution < 1.29 is 23.1 Å². The van der Waals surface area contributed by atoms with Crippen LogP contribution in [0.15, 0.2) is 24.3 Å².